The number of carbonyl (C=O) groups is 2. The van der Waals surface area contributed by atoms with Crippen LogP contribution in [0, 0.1) is 0 Å². The summed E-state index contributed by atoms with van der Waals surface area (Å²) in [6.45, 7) is 4.54. The Labute approximate surface area is 179 Å². The molecular formula is C22H24O5S2. The summed E-state index contributed by atoms with van der Waals surface area (Å²) in [5.41, 5.74) is 0. The van der Waals surface area contributed by atoms with Gasteiger partial charge in [-0.1, -0.05) is 36.4 Å². The summed E-state index contributed by atoms with van der Waals surface area (Å²) in [4.78, 5) is 25.6. The Morgan fingerprint density at radius 3 is 1.72 bits per heavy atom. The summed E-state index contributed by atoms with van der Waals surface area (Å²) in [6, 6.07) is 20.0. The molecule has 4 atom stereocenters. The fourth-order valence-corrected chi connectivity index (χ4v) is 5.91. The monoisotopic (exact) mass is 432 g/mol. The first-order valence-electron chi connectivity index (χ1n) is 9.37. The first kappa shape index (κ1) is 21.7. The van der Waals surface area contributed by atoms with Gasteiger partial charge in [0.2, 0.25) is 0 Å². The molecule has 0 aliphatic carbocycles. The molecule has 1 aliphatic rings. The molecule has 0 radical (unpaired) electrons. The minimum absolute atomic E-state index is 0.118. The van der Waals surface area contributed by atoms with E-state index in [4.69, 9.17) is 14.2 Å². The van der Waals surface area contributed by atoms with E-state index in [1.165, 1.54) is 13.8 Å². The van der Waals surface area contributed by atoms with Gasteiger partial charge in [-0.25, -0.2) is 0 Å². The second-order valence-electron chi connectivity index (χ2n) is 6.68. The van der Waals surface area contributed by atoms with Gasteiger partial charge in [0.05, 0.1) is 10.7 Å². The predicted octanol–water partition coefficient (Wildman–Crippen LogP) is 4.55. The van der Waals surface area contributed by atoms with Gasteiger partial charge in [-0.15, -0.1) is 23.5 Å². The van der Waals surface area contributed by atoms with Gasteiger partial charge in [-0.05, 0) is 31.2 Å². The Morgan fingerprint density at radius 2 is 1.28 bits per heavy atom. The second-order valence-corrected chi connectivity index (χ2v) is 9.41. The van der Waals surface area contributed by atoms with Crippen LogP contribution in [-0.4, -0.2) is 40.9 Å². The summed E-state index contributed by atoms with van der Waals surface area (Å²) in [6.07, 6.45) is -2.15. The van der Waals surface area contributed by atoms with Crippen LogP contribution in [0.4, 0.5) is 0 Å². The molecule has 0 saturated carbocycles. The first-order chi connectivity index (χ1) is 13.9. The van der Waals surface area contributed by atoms with Crippen molar-refractivity contribution in [1.29, 1.82) is 0 Å². The Morgan fingerprint density at radius 1 is 0.828 bits per heavy atom. The summed E-state index contributed by atoms with van der Waals surface area (Å²) in [5, 5.41) is 0. The average molecular weight is 433 g/mol. The molecule has 3 rings (SSSR count). The van der Waals surface area contributed by atoms with Gasteiger partial charge in [0.25, 0.3) is 0 Å². The molecule has 1 heterocycles. The number of hydrogen-bond acceptors (Lipinski definition) is 7. The number of esters is 2. The molecule has 1 saturated heterocycles. The molecule has 0 N–H and O–H groups in total. The van der Waals surface area contributed by atoms with E-state index in [2.05, 4.69) is 0 Å². The summed E-state index contributed by atoms with van der Waals surface area (Å²) in [5.74, 6) is -0.853. The maximum absolute atomic E-state index is 11.8. The highest BCUT2D eigenvalue weighted by Gasteiger charge is 2.50. The van der Waals surface area contributed by atoms with Gasteiger partial charge in [0, 0.05) is 23.6 Å². The van der Waals surface area contributed by atoms with Crippen molar-refractivity contribution in [3.05, 3.63) is 60.7 Å². The first-order valence-corrected chi connectivity index (χ1v) is 11.1. The van der Waals surface area contributed by atoms with E-state index in [-0.39, 0.29) is 10.7 Å². The third-order valence-corrected chi connectivity index (χ3v) is 7.01. The van der Waals surface area contributed by atoms with Crippen LogP contribution in [-0.2, 0) is 23.8 Å². The summed E-state index contributed by atoms with van der Waals surface area (Å²) in [7, 11) is 0. The lowest BCUT2D eigenvalue weighted by molar-refractivity contribution is -0.163. The smallest absolute Gasteiger partial charge is 0.303 e. The molecule has 2 aromatic carbocycles. The standard InChI is InChI=1S/C22H24O5S2/c1-14-19(26-15(2)23)20(27-16(3)24)21(25-14)22(28-17-10-6-4-7-11-17)29-18-12-8-5-9-13-18/h4-14,19-22H,1-3H3/t14-,19-,20+,21-/m0/s1. The number of rotatable bonds is 7. The minimum Gasteiger partial charge on any atom is -0.456 e. The van der Waals surface area contributed by atoms with Gasteiger partial charge < -0.3 is 14.2 Å². The highest BCUT2D eigenvalue weighted by Crippen LogP contribution is 2.43. The van der Waals surface area contributed by atoms with Crippen LogP contribution >= 0.6 is 23.5 Å². The van der Waals surface area contributed by atoms with Gasteiger partial charge >= 0.3 is 11.9 Å². The quantitative estimate of drug-likeness (QED) is 0.361. The third-order valence-electron chi connectivity index (χ3n) is 4.35. The molecule has 154 valence electrons. The van der Waals surface area contributed by atoms with Crippen LogP contribution in [0.25, 0.3) is 0 Å². The molecule has 0 bridgehead atoms. The molecule has 0 unspecified atom stereocenters. The van der Waals surface area contributed by atoms with Crippen molar-refractivity contribution in [1.82, 2.24) is 0 Å². The lowest BCUT2D eigenvalue weighted by Crippen LogP contribution is -2.41. The van der Waals surface area contributed by atoms with Crippen molar-refractivity contribution in [2.24, 2.45) is 0 Å². The van der Waals surface area contributed by atoms with Crippen molar-refractivity contribution in [2.75, 3.05) is 0 Å². The van der Waals surface area contributed by atoms with Crippen LogP contribution in [0.15, 0.2) is 70.5 Å². The molecule has 0 aromatic heterocycles. The van der Waals surface area contributed by atoms with E-state index < -0.39 is 30.3 Å². The minimum atomic E-state index is -0.677. The van der Waals surface area contributed by atoms with Crippen LogP contribution < -0.4 is 0 Å². The predicted molar refractivity (Wildman–Crippen MR) is 114 cm³/mol. The highest BCUT2D eigenvalue weighted by molar-refractivity contribution is 8.17. The third kappa shape index (κ3) is 6.01. The lowest BCUT2D eigenvalue weighted by atomic mass is 10.1. The van der Waals surface area contributed by atoms with Crippen molar-refractivity contribution >= 4 is 35.5 Å². The molecule has 7 heteroatoms. The van der Waals surface area contributed by atoms with Gasteiger partial charge in [0.15, 0.2) is 12.2 Å². The van der Waals surface area contributed by atoms with E-state index in [0.29, 0.717) is 0 Å². The van der Waals surface area contributed by atoms with Gasteiger partial charge in [-0.2, -0.15) is 0 Å². The zero-order valence-electron chi connectivity index (χ0n) is 16.5. The van der Waals surface area contributed by atoms with Gasteiger partial charge in [0.1, 0.15) is 6.10 Å². The molecule has 5 nitrogen and oxygen atoms in total. The van der Waals surface area contributed by atoms with Crippen LogP contribution in [0.3, 0.4) is 0 Å². The number of ether oxygens (including phenoxy) is 3. The van der Waals surface area contributed by atoms with Crippen LogP contribution in [0.5, 0.6) is 0 Å². The Bertz CT molecular complexity index is 773. The van der Waals surface area contributed by atoms with Crippen LogP contribution in [0.2, 0.25) is 0 Å². The van der Waals surface area contributed by atoms with Crippen molar-refractivity contribution < 1.29 is 23.8 Å². The van der Waals surface area contributed by atoms with Crippen molar-refractivity contribution in [3.8, 4) is 0 Å². The van der Waals surface area contributed by atoms with Crippen LogP contribution in [0.1, 0.15) is 20.8 Å². The second kappa shape index (κ2) is 10.2. The molecule has 1 fully saturated rings. The largest absolute Gasteiger partial charge is 0.456 e. The topological polar surface area (TPSA) is 61.8 Å². The number of carbonyl (C=O) groups excluding carboxylic acids is 2. The molecule has 1 aliphatic heterocycles. The number of hydrogen-bond donors (Lipinski definition) is 0. The average Bonchev–Trinajstić information content (AvgIpc) is 2.98. The number of thioether (sulfide) groups is 2. The Kier molecular flexibility index (Phi) is 7.64. The van der Waals surface area contributed by atoms with E-state index >= 15 is 0 Å². The molecular weight excluding hydrogens is 408 g/mol. The van der Waals surface area contributed by atoms with E-state index in [1.54, 1.807) is 23.5 Å². The maximum atomic E-state index is 11.8. The molecule has 0 amide bonds. The van der Waals surface area contributed by atoms with Gasteiger partial charge in [-0.3, -0.25) is 9.59 Å². The normalized spacial score (nSPS) is 23.7. The molecule has 29 heavy (non-hydrogen) atoms. The SMILES string of the molecule is CC(=O)O[C@@H]1[C@@H](OC(C)=O)[C@@H](C(Sc2ccccc2)Sc2ccccc2)O[C@H]1C. The zero-order chi connectivity index (χ0) is 20.8. The molecule has 0 spiro atoms. The molecule has 2 aromatic rings. The van der Waals surface area contributed by atoms with Crippen molar-refractivity contribution in [3.63, 3.8) is 0 Å². The Balaban J connectivity index is 1.90. The fraction of sp³-hybridized carbons (Fsp3) is 0.364. The number of benzene rings is 2. The van der Waals surface area contributed by atoms with E-state index in [0.717, 1.165) is 9.79 Å². The van der Waals surface area contributed by atoms with E-state index in [9.17, 15) is 9.59 Å². The van der Waals surface area contributed by atoms with E-state index in [1.807, 2.05) is 67.6 Å². The highest BCUT2D eigenvalue weighted by atomic mass is 32.2. The lowest BCUT2D eigenvalue weighted by Gasteiger charge is -2.28. The van der Waals surface area contributed by atoms with Crippen molar-refractivity contribution in [2.45, 2.75) is 59.6 Å². The summed E-state index contributed by atoms with van der Waals surface area (Å²) < 4.78 is 17.1. The Hall–Kier alpha value is -1.96. The zero-order valence-corrected chi connectivity index (χ0v) is 18.2. The maximum Gasteiger partial charge on any atom is 0.303 e. The summed E-state index contributed by atoms with van der Waals surface area (Å²) >= 11 is 3.28. The fourth-order valence-electron chi connectivity index (χ4n) is 3.18.